The minimum atomic E-state index is 0.831. The number of anilines is 2. The third kappa shape index (κ3) is 6.37. The molecule has 3 nitrogen and oxygen atoms in total. The zero-order chi connectivity index (χ0) is 35.6. The summed E-state index contributed by atoms with van der Waals surface area (Å²) in [7, 11) is 0. The molecule has 0 saturated carbocycles. The molecule has 0 aliphatic carbocycles. The zero-order valence-corrected chi connectivity index (χ0v) is 29.0. The molecule has 9 aromatic rings. The molecule has 0 aliphatic rings. The maximum Gasteiger partial charge on any atom is 0.136 e. The van der Waals surface area contributed by atoms with Gasteiger partial charge in [0.15, 0.2) is 0 Å². The summed E-state index contributed by atoms with van der Waals surface area (Å²) in [6, 6.07) is 53.0. The first-order valence-electron chi connectivity index (χ1n) is 17.8. The fraction of sp³-hybridized carbons (Fsp3) is 0. The van der Waals surface area contributed by atoms with Crippen LogP contribution in [0.5, 0.6) is 0 Å². The molecule has 0 fully saturated rings. The van der Waals surface area contributed by atoms with E-state index in [4.69, 9.17) is 8.83 Å². The van der Waals surface area contributed by atoms with E-state index >= 15 is 0 Å². The van der Waals surface area contributed by atoms with E-state index in [0.717, 1.165) is 72.3 Å². The van der Waals surface area contributed by atoms with E-state index in [1.807, 2.05) is 48.6 Å². The maximum atomic E-state index is 6.33. The van der Waals surface area contributed by atoms with Crippen LogP contribution in [0.4, 0.5) is 11.4 Å². The fourth-order valence-electron chi connectivity index (χ4n) is 7.06. The standard InChI is InChI=1S/C50H35NO2/c1-2-3-19-42(30-36-26-29-49-45(31-36)46-33-38-15-5-6-16-39(38)34-50(46)53-49)51(47-22-12-18-37-14-7-10-21-44(37)47)41-27-24-35(25-28-41)13-4-9-20-43-32-40-17-8-11-23-48(40)52-43/h2-34H,1H2/b13-4+,19-3-,20-9-,42-30-. The summed E-state index contributed by atoms with van der Waals surface area (Å²) < 4.78 is 12.3. The molecule has 252 valence electrons. The molecule has 7 aromatic carbocycles. The van der Waals surface area contributed by atoms with Crippen molar-refractivity contribution < 1.29 is 8.83 Å². The number of rotatable bonds is 9. The highest BCUT2D eigenvalue weighted by Crippen LogP contribution is 2.38. The molecule has 0 unspecified atom stereocenters. The van der Waals surface area contributed by atoms with Gasteiger partial charge in [0, 0.05) is 32.9 Å². The smallest absolute Gasteiger partial charge is 0.136 e. The lowest BCUT2D eigenvalue weighted by Gasteiger charge is -2.28. The predicted octanol–water partition coefficient (Wildman–Crippen LogP) is 14.3. The summed E-state index contributed by atoms with van der Waals surface area (Å²) in [4.78, 5) is 2.32. The van der Waals surface area contributed by atoms with Crippen LogP contribution in [0.2, 0.25) is 0 Å². The van der Waals surface area contributed by atoms with Gasteiger partial charge in [-0.3, -0.25) is 0 Å². The van der Waals surface area contributed by atoms with Gasteiger partial charge in [0.25, 0.3) is 0 Å². The summed E-state index contributed by atoms with van der Waals surface area (Å²) in [5.74, 6) is 0.831. The molecule has 0 bridgehead atoms. The maximum absolute atomic E-state index is 6.33. The van der Waals surface area contributed by atoms with E-state index in [-0.39, 0.29) is 0 Å². The first-order chi connectivity index (χ1) is 26.2. The SMILES string of the molecule is C=C/C=C\C(=C\c1ccc2oc3cc4ccccc4cc3c2c1)N(c1ccc(/C=C/C=C\c2cc3ccccc3o2)cc1)c1cccc2ccccc12. The van der Waals surface area contributed by atoms with Crippen LogP contribution < -0.4 is 4.90 Å². The van der Waals surface area contributed by atoms with E-state index in [0.29, 0.717) is 0 Å². The molecule has 9 rings (SSSR count). The average Bonchev–Trinajstić information content (AvgIpc) is 3.78. The number of hydrogen-bond acceptors (Lipinski definition) is 3. The first-order valence-corrected chi connectivity index (χ1v) is 17.8. The Labute approximate surface area is 308 Å². The molecule has 2 aromatic heterocycles. The van der Waals surface area contributed by atoms with Gasteiger partial charge in [-0.2, -0.15) is 0 Å². The van der Waals surface area contributed by atoms with Crippen molar-refractivity contribution in [3.63, 3.8) is 0 Å². The Bertz CT molecular complexity index is 2870. The largest absolute Gasteiger partial charge is 0.457 e. The summed E-state index contributed by atoms with van der Waals surface area (Å²) in [5, 5.41) is 8.01. The molecule has 0 saturated heterocycles. The highest BCUT2D eigenvalue weighted by atomic mass is 16.3. The van der Waals surface area contributed by atoms with Gasteiger partial charge in [0.05, 0.1) is 5.69 Å². The van der Waals surface area contributed by atoms with Crippen molar-refractivity contribution in [3.8, 4) is 0 Å². The summed E-state index contributed by atoms with van der Waals surface area (Å²) in [6.45, 7) is 4.00. The number of nitrogens with zero attached hydrogens (tertiary/aromatic N) is 1. The van der Waals surface area contributed by atoms with Gasteiger partial charge in [-0.05, 0) is 100 Å². The van der Waals surface area contributed by atoms with Gasteiger partial charge in [-0.25, -0.2) is 0 Å². The van der Waals surface area contributed by atoms with Crippen LogP contribution in [0.1, 0.15) is 16.9 Å². The Hall–Kier alpha value is -7.10. The number of allylic oxidation sites excluding steroid dienone is 5. The molecule has 0 N–H and O–H groups in total. The highest BCUT2D eigenvalue weighted by Gasteiger charge is 2.17. The van der Waals surface area contributed by atoms with Crippen molar-refractivity contribution in [3.05, 3.63) is 211 Å². The molecule has 0 amide bonds. The lowest BCUT2D eigenvalue weighted by Crippen LogP contribution is -2.15. The number of hydrogen-bond donors (Lipinski definition) is 0. The van der Waals surface area contributed by atoms with Gasteiger partial charge in [-0.1, -0.05) is 134 Å². The predicted molar refractivity (Wildman–Crippen MR) is 225 cm³/mol. The van der Waals surface area contributed by atoms with E-state index < -0.39 is 0 Å². The number of para-hydroxylation sites is 1. The van der Waals surface area contributed by atoms with Crippen molar-refractivity contribution in [1.29, 1.82) is 0 Å². The summed E-state index contributed by atoms with van der Waals surface area (Å²) >= 11 is 0. The van der Waals surface area contributed by atoms with E-state index in [2.05, 4.69) is 163 Å². The third-order valence-corrected chi connectivity index (χ3v) is 9.60. The van der Waals surface area contributed by atoms with Crippen LogP contribution in [-0.2, 0) is 0 Å². The Morgan fingerprint density at radius 1 is 0.491 bits per heavy atom. The van der Waals surface area contributed by atoms with Crippen LogP contribution in [-0.4, -0.2) is 0 Å². The third-order valence-electron chi connectivity index (χ3n) is 9.60. The molecular weight excluding hydrogens is 647 g/mol. The Morgan fingerprint density at radius 3 is 2.02 bits per heavy atom. The van der Waals surface area contributed by atoms with Gasteiger partial charge >= 0.3 is 0 Å². The molecule has 2 heterocycles. The van der Waals surface area contributed by atoms with Crippen molar-refractivity contribution in [2.24, 2.45) is 0 Å². The first kappa shape index (κ1) is 31.9. The van der Waals surface area contributed by atoms with E-state index in [9.17, 15) is 0 Å². The second-order valence-corrected chi connectivity index (χ2v) is 13.0. The second-order valence-electron chi connectivity index (χ2n) is 13.0. The Kier molecular flexibility index (Phi) is 8.35. The van der Waals surface area contributed by atoms with E-state index in [1.165, 1.54) is 16.2 Å². The number of fused-ring (bicyclic) bond motifs is 6. The Balaban J connectivity index is 1.11. The summed E-state index contributed by atoms with van der Waals surface area (Å²) in [6.07, 6.45) is 16.3. The van der Waals surface area contributed by atoms with Crippen LogP contribution in [0.3, 0.4) is 0 Å². The summed E-state index contributed by atoms with van der Waals surface area (Å²) in [5.41, 5.74) is 7.94. The lowest BCUT2D eigenvalue weighted by molar-refractivity contribution is 0.604. The second kappa shape index (κ2) is 13.9. The molecule has 0 radical (unpaired) electrons. The lowest BCUT2D eigenvalue weighted by atomic mass is 10.0. The fourth-order valence-corrected chi connectivity index (χ4v) is 7.06. The van der Waals surface area contributed by atoms with E-state index in [1.54, 1.807) is 0 Å². The Morgan fingerprint density at radius 2 is 1.19 bits per heavy atom. The molecule has 0 aliphatic heterocycles. The van der Waals surface area contributed by atoms with Gasteiger partial charge in [0.2, 0.25) is 0 Å². The average molecular weight is 682 g/mol. The molecule has 0 atom stereocenters. The minimum Gasteiger partial charge on any atom is -0.457 e. The van der Waals surface area contributed by atoms with Gasteiger partial charge < -0.3 is 13.7 Å². The molecule has 0 spiro atoms. The number of benzene rings is 7. The van der Waals surface area contributed by atoms with Crippen LogP contribution in [0, 0.1) is 0 Å². The molecule has 53 heavy (non-hydrogen) atoms. The van der Waals surface area contributed by atoms with Crippen molar-refractivity contribution in [2.75, 3.05) is 4.90 Å². The highest BCUT2D eigenvalue weighted by molar-refractivity contribution is 6.10. The number of furan rings is 2. The topological polar surface area (TPSA) is 29.5 Å². The quantitative estimate of drug-likeness (QED) is 0.142. The van der Waals surface area contributed by atoms with Gasteiger partial charge in [-0.15, -0.1) is 0 Å². The van der Waals surface area contributed by atoms with Crippen LogP contribution in [0.15, 0.2) is 203 Å². The van der Waals surface area contributed by atoms with Crippen LogP contribution >= 0.6 is 0 Å². The van der Waals surface area contributed by atoms with Crippen molar-refractivity contribution >= 4 is 84.1 Å². The normalized spacial score (nSPS) is 12.5. The van der Waals surface area contributed by atoms with Crippen LogP contribution in [0.25, 0.3) is 72.7 Å². The van der Waals surface area contributed by atoms with Crippen molar-refractivity contribution in [1.82, 2.24) is 0 Å². The zero-order valence-electron chi connectivity index (χ0n) is 29.0. The molecule has 3 heteroatoms. The monoisotopic (exact) mass is 681 g/mol. The van der Waals surface area contributed by atoms with Crippen molar-refractivity contribution in [2.45, 2.75) is 0 Å². The van der Waals surface area contributed by atoms with Gasteiger partial charge in [0.1, 0.15) is 22.5 Å². The molecular formula is C50H35NO2. The minimum absolute atomic E-state index is 0.831.